The van der Waals surface area contributed by atoms with E-state index in [1.54, 1.807) is 7.11 Å². The maximum atomic E-state index is 12.9. The van der Waals surface area contributed by atoms with Crippen molar-refractivity contribution in [2.24, 2.45) is 5.92 Å². The lowest BCUT2D eigenvalue weighted by atomic mass is 9.86. The van der Waals surface area contributed by atoms with Crippen LogP contribution in [0.15, 0.2) is 42.5 Å². The van der Waals surface area contributed by atoms with Crippen LogP contribution in [0.4, 0.5) is 0 Å². The third kappa shape index (κ3) is 2.89. The number of rotatable bonds is 4. The zero-order chi connectivity index (χ0) is 17.3. The van der Waals surface area contributed by atoms with Gasteiger partial charge in [-0.05, 0) is 31.8 Å². The molecule has 0 bridgehead atoms. The summed E-state index contributed by atoms with van der Waals surface area (Å²) in [7, 11) is 5.62. The number of carbonyl (C=O) groups excluding carboxylic acids is 1. The summed E-state index contributed by atoms with van der Waals surface area (Å²) in [5.74, 6) is 1.30. The number of hydrogen-bond acceptors (Lipinski definition) is 4. The molecule has 0 N–H and O–H groups in total. The molecule has 1 heterocycles. The third-order valence-corrected chi connectivity index (χ3v) is 4.42. The van der Waals surface area contributed by atoms with Crippen LogP contribution in [-0.2, 0) is 6.54 Å². The second-order valence-corrected chi connectivity index (χ2v) is 6.46. The Morgan fingerprint density at radius 3 is 2.46 bits per heavy atom. The quantitative estimate of drug-likeness (QED) is 0.859. The number of ether oxygens (including phenoxy) is 2. The van der Waals surface area contributed by atoms with Gasteiger partial charge in [0.15, 0.2) is 5.78 Å². The molecule has 0 saturated heterocycles. The smallest absolute Gasteiger partial charge is 0.173 e. The minimum atomic E-state index is -0.279. The molecule has 2 aromatic rings. The van der Waals surface area contributed by atoms with Crippen molar-refractivity contribution in [3.63, 3.8) is 0 Å². The van der Waals surface area contributed by atoms with E-state index >= 15 is 0 Å². The molecule has 0 fully saturated rings. The molecule has 3 rings (SSSR count). The van der Waals surface area contributed by atoms with E-state index in [4.69, 9.17) is 9.47 Å². The molecular formula is C20H23NO3. The predicted octanol–water partition coefficient (Wildman–Crippen LogP) is 3.71. The van der Waals surface area contributed by atoms with Gasteiger partial charge in [-0.3, -0.25) is 4.79 Å². The van der Waals surface area contributed by atoms with Crippen LogP contribution in [0.1, 0.15) is 34.5 Å². The van der Waals surface area contributed by atoms with Gasteiger partial charge in [0.2, 0.25) is 0 Å². The molecule has 24 heavy (non-hydrogen) atoms. The van der Waals surface area contributed by atoms with E-state index in [9.17, 15) is 4.79 Å². The monoisotopic (exact) mass is 325 g/mol. The van der Waals surface area contributed by atoms with Crippen LogP contribution >= 0.6 is 0 Å². The molecule has 2 unspecified atom stereocenters. The van der Waals surface area contributed by atoms with Crippen molar-refractivity contribution in [3.8, 4) is 11.5 Å². The van der Waals surface area contributed by atoms with Gasteiger partial charge in [0.05, 0.1) is 24.2 Å². The zero-order valence-electron chi connectivity index (χ0n) is 14.6. The number of nitrogens with zero attached hydrogens (tertiary/aromatic N) is 1. The first-order valence-corrected chi connectivity index (χ1v) is 8.13. The molecule has 1 aliphatic rings. The second kappa shape index (κ2) is 6.65. The van der Waals surface area contributed by atoms with E-state index in [1.165, 1.54) is 0 Å². The predicted molar refractivity (Wildman–Crippen MR) is 93.7 cm³/mol. The van der Waals surface area contributed by atoms with Gasteiger partial charge in [-0.15, -0.1) is 0 Å². The van der Waals surface area contributed by atoms with Gasteiger partial charge in [-0.25, -0.2) is 0 Å². The highest BCUT2D eigenvalue weighted by molar-refractivity contribution is 6.02. The van der Waals surface area contributed by atoms with E-state index in [0.717, 1.165) is 16.9 Å². The Morgan fingerprint density at radius 2 is 1.83 bits per heavy atom. The van der Waals surface area contributed by atoms with Crippen LogP contribution in [-0.4, -0.2) is 31.9 Å². The fourth-order valence-electron chi connectivity index (χ4n) is 3.21. The van der Waals surface area contributed by atoms with Gasteiger partial charge in [0, 0.05) is 6.54 Å². The van der Waals surface area contributed by atoms with Gasteiger partial charge < -0.3 is 14.4 Å². The van der Waals surface area contributed by atoms with Crippen LogP contribution in [0.2, 0.25) is 0 Å². The molecule has 0 aromatic heterocycles. The van der Waals surface area contributed by atoms with Crippen LogP contribution in [0.25, 0.3) is 0 Å². The van der Waals surface area contributed by atoms with Gasteiger partial charge in [-0.1, -0.05) is 37.3 Å². The summed E-state index contributed by atoms with van der Waals surface area (Å²) >= 11 is 0. The summed E-state index contributed by atoms with van der Waals surface area (Å²) in [5, 5.41) is 0. The first-order valence-electron chi connectivity index (χ1n) is 8.13. The number of methoxy groups -OCH3 is 1. The average molecular weight is 325 g/mol. The number of fused-ring (bicyclic) bond motifs is 1. The molecule has 2 atom stereocenters. The lowest BCUT2D eigenvalue weighted by molar-refractivity contribution is 0.0683. The van der Waals surface area contributed by atoms with E-state index in [-0.39, 0.29) is 17.8 Å². The first-order chi connectivity index (χ1) is 11.5. The molecular weight excluding hydrogens is 302 g/mol. The minimum Gasteiger partial charge on any atom is -0.496 e. The molecule has 1 aliphatic heterocycles. The zero-order valence-corrected chi connectivity index (χ0v) is 14.6. The first kappa shape index (κ1) is 16.5. The van der Waals surface area contributed by atoms with Gasteiger partial charge in [0.1, 0.15) is 17.6 Å². The van der Waals surface area contributed by atoms with Crippen molar-refractivity contribution in [2.75, 3.05) is 21.2 Å². The normalized spacial score (nSPS) is 19.8. The molecule has 2 aromatic carbocycles. The van der Waals surface area contributed by atoms with Crippen molar-refractivity contribution >= 4 is 5.78 Å². The third-order valence-electron chi connectivity index (χ3n) is 4.42. The summed E-state index contributed by atoms with van der Waals surface area (Å²) in [6.45, 7) is 2.58. The lowest BCUT2D eigenvalue weighted by Gasteiger charge is -2.33. The number of carbonyl (C=O) groups is 1. The largest absolute Gasteiger partial charge is 0.496 e. The highest BCUT2D eigenvalue weighted by atomic mass is 16.5. The van der Waals surface area contributed by atoms with Crippen molar-refractivity contribution < 1.29 is 14.3 Å². The molecule has 4 heteroatoms. The SMILES string of the molecule is COc1ccc2c(c1CN(C)C)OC(c1ccccc1)C(C)C2=O. The Balaban J connectivity index is 2.11. The van der Waals surface area contributed by atoms with Crippen molar-refractivity contribution in [1.29, 1.82) is 0 Å². The molecule has 0 radical (unpaired) electrons. The maximum absolute atomic E-state index is 12.9. The molecule has 126 valence electrons. The fraction of sp³-hybridized carbons (Fsp3) is 0.350. The van der Waals surface area contributed by atoms with Crippen LogP contribution in [0.5, 0.6) is 11.5 Å². The molecule has 0 saturated carbocycles. The Labute approximate surface area is 143 Å². The molecule has 0 aliphatic carbocycles. The van der Waals surface area contributed by atoms with Crippen molar-refractivity contribution in [3.05, 3.63) is 59.2 Å². The number of benzene rings is 2. The Kier molecular flexibility index (Phi) is 4.58. The standard InChI is InChI=1S/C20H23NO3/c1-13-18(22)15-10-11-17(23-4)16(12-21(2)3)20(15)24-19(13)14-8-6-5-7-9-14/h5-11,13,19H,12H2,1-4H3. The average Bonchev–Trinajstić information content (AvgIpc) is 2.58. The minimum absolute atomic E-state index is 0.118. The lowest BCUT2D eigenvalue weighted by Crippen LogP contribution is -2.30. The second-order valence-electron chi connectivity index (χ2n) is 6.46. The Bertz CT molecular complexity index is 740. The van der Waals surface area contributed by atoms with Gasteiger partial charge >= 0.3 is 0 Å². The summed E-state index contributed by atoms with van der Waals surface area (Å²) in [6.07, 6.45) is -0.279. The van der Waals surface area contributed by atoms with E-state index < -0.39 is 0 Å². The number of Topliss-reactive ketones (excluding diaryl/α,β-unsaturated/α-hetero) is 1. The highest BCUT2D eigenvalue weighted by Crippen LogP contribution is 2.43. The van der Waals surface area contributed by atoms with Crippen molar-refractivity contribution in [1.82, 2.24) is 4.90 Å². The number of hydrogen-bond donors (Lipinski definition) is 0. The van der Waals surface area contributed by atoms with Crippen molar-refractivity contribution in [2.45, 2.75) is 19.6 Å². The summed E-state index contributed by atoms with van der Waals surface area (Å²) in [5.41, 5.74) is 2.58. The summed E-state index contributed by atoms with van der Waals surface area (Å²) in [6, 6.07) is 13.6. The van der Waals surface area contributed by atoms with Gasteiger partial charge in [-0.2, -0.15) is 0 Å². The van der Waals surface area contributed by atoms with E-state index in [0.29, 0.717) is 17.9 Å². The van der Waals surface area contributed by atoms with Gasteiger partial charge in [0.25, 0.3) is 0 Å². The van der Waals surface area contributed by atoms with Crippen LogP contribution in [0.3, 0.4) is 0 Å². The topological polar surface area (TPSA) is 38.8 Å². The molecule has 0 amide bonds. The Hall–Kier alpha value is -2.33. The summed E-state index contributed by atoms with van der Waals surface area (Å²) in [4.78, 5) is 14.9. The molecule has 0 spiro atoms. The van der Waals surface area contributed by atoms with Crippen LogP contribution in [0, 0.1) is 5.92 Å². The summed E-state index contributed by atoms with van der Waals surface area (Å²) < 4.78 is 11.8. The maximum Gasteiger partial charge on any atom is 0.173 e. The highest BCUT2D eigenvalue weighted by Gasteiger charge is 2.37. The van der Waals surface area contributed by atoms with Crippen LogP contribution < -0.4 is 9.47 Å². The Morgan fingerprint density at radius 1 is 1.12 bits per heavy atom. The number of ketones is 1. The fourth-order valence-corrected chi connectivity index (χ4v) is 3.21. The molecule has 4 nitrogen and oxygen atoms in total. The van der Waals surface area contributed by atoms with E-state index in [1.807, 2.05) is 68.4 Å². The van der Waals surface area contributed by atoms with E-state index in [2.05, 4.69) is 0 Å².